The van der Waals surface area contributed by atoms with E-state index in [0.29, 0.717) is 18.4 Å². The molecule has 0 saturated carbocycles. The first kappa shape index (κ1) is 12.4. The van der Waals surface area contributed by atoms with E-state index in [9.17, 15) is 12.8 Å². The van der Waals surface area contributed by atoms with Crippen molar-refractivity contribution in [3.8, 4) is 0 Å². The lowest BCUT2D eigenvalue weighted by atomic mass is 10.1. The number of hydrogen-bond acceptors (Lipinski definition) is 4. The molecule has 0 saturated heterocycles. The summed E-state index contributed by atoms with van der Waals surface area (Å²) < 4.78 is 40.6. The van der Waals surface area contributed by atoms with Crippen molar-refractivity contribution < 1.29 is 17.0 Å². The molecule has 1 heterocycles. The van der Waals surface area contributed by atoms with Crippen LogP contribution in [0.2, 0.25) is 0 Å². The predicted molar refractivity (Wildman–Crippen MR) is 60.6 cm³/mol. The van der Waals surface area contributed by atoms with Crippen LogP contribution in [-0.4, -0.2) is 26.3 Å². The van der Waals surface area contributed by atoms with Gasteiger partial charge in [0, 0.05) is 5.69 Å². The van der Waals surface area contributed by atoms with Crippen LogP contribution in [0, 0.1) is 18.7 Å². The summed E-state index contributed by atoms with van der Waals surface area (Å²) in [7, 11) is -2.35. The largest absolute Gasteiger partial charge is 0.273 e. The second kappa shape index (κ2) is 4.34. The van der Waals surface area contributed by atoms with Crippen LogP contribution in [0.4, 0.5) is 4.39 Å². The van der Waals surface area contributed by atoms with E-state index in [1.165, 1.54) is 6.20 Å². The van der Waals surface area contributed by atoms with Gasteiger partial charge in [-0.2, -0.15) is 8.42 Å². The Morgan fingerprint density at radius 1 is 1.47 bits per heavy atom. The minimum absolute atomic E-state index is 0.0724. The van der Waals surface area contributed by atoms with Gasteiger partial charge in [-0.1, -0.05) is 0 Å². The van der Waals surface area contributed by atoms with Crippen molar-refractivity contribution in [1.82, 2.24) is 4.98 Å². The fourth-order valence-electron chi connectivity index (χ4n) is 2.29. The summed E-state index contributed by atoms with van der Waals surface area (Å²) >= 11 is 0. The van der Waals surface area contributed by atoms with E-state index in [2.05, 4.69) is 9.17 Å². The third kappa shape index (κ3) is 2.47. The molecule has 17 heavy (non-hydrogen) atoms. The summed E-state index contributed by atoms with van der Waals surface area (Å²) in [6.07, 6.45) is 2.18. The summed E-state index contributed by atoms with van der Waals surface area (Å²) in [5, 5.41) is 0. The SMILES string of the molecule is COS(=O)(=O)C[C@H]1Cc2c(F)cnc(C)c2C1. The van der Waals surface area contributed by atoms with Crippen LogP contribution in [0.15, 0.2) is 6.20 Å². The third-order valence-corrected chi connectivity index (χ3v) is 4.53. The maximum Gasteiger partial charge on any atom is 0.267 e. The number of rotatable bonds is 3. The van der Waals surface area contributed by atoms with Crippen LogP contribution in [0.1, 0.15) is 16.8 Å². The molecule has 0 radical (unpaired) electrons. The number of aryl methyl sites for hydroxylation is 1. The van der Waals surface area contributed by atoms with Crippen molar-refractivity contribution >= 4 is 10.1 Å². The third-order valence-electron chi connectivity index (χ3n) is 3.14. The Balaban J connectivity index is 2.22. The zero-order valence-corrected chi connectivity index (χ0v) is 10.6. The van der Waals surface area contributed by atoms with Crippen molar-refractivity contribution in [3.63, 3.8) is 0 Å². The molecule has 0 aromatic carbocycles. The van der Waals surface area contributed by atoms with Gasteiger partial charge in [0.15, 0.2) is 0 Å². The molecule has 94 valence electrons. The van der Waals surface area contributed by atoms with Gasteiger partial charge in [-0.05, 0) is 36.8 Å². The highest BCUT2D eigenvalue weighted by atomic mass is 32.2. The Bertz CT molecular complexity index is 511. The molecule has 0 fully saturated rings. The lowest BCUT2D eigenvalue weighted by molar-refractivity contribution is 0.389. The Labute approximate surface area is 99.9 Å². The van der Waals surface area contributed by atoms with Gasteiger partial charge >= 0.3 is 0 Å². The molecule has 0 N–H and O–H groups in total. The van der Waals surface area contributed by atoms with Gasteiger partial charge in [0.25, 0.3) is 10.1 Å². The first-order valence-electron chi connectivity index (χ1n) is 5.34. The molecule has 4 nitrogen and oxygen atoms in total. The molecule has 1 atom stereocenters. The van der Waals surface area contributed by atoms with E-state index < -0.39 is 10.1 Å². The molecule has 0 bridgehead atoms. The minimum Gasteiger partial charge on any atom is -0.273 e. The Kier molecular flexibility index (Phi) is 3.18. The van der Waals surface area contributed by atoms with Crippen LogP contribution < -0.4 is 0 Å². The molecule has 1 aromatic heterocycles. The Morgan fingerprint density at radius 2 is 2.12 bits per heavy atom. The fraction of sp³-hybridized carbons (Fsp3) is 0.545. The molecule has 1 aliphatic rings. The summed E-state index contributed by atoms with van der Waals surface area (Å²) in [5.74, 6) is -0.535. The number of nitrogens with zero attached hydrogens (tertiary/aromatic N) is 1. The second-order valence-corrected chi connectivity index (χ2v) is 6.10. The highest BCUT2D eigenvalue weighted by Gasteiger charge is 2.29. The monoisotopic (exact) mass is 259 g/mol. The number of fused-ring (bicyclic) bond motifs is 1. The average molecular weight is 259 g/mol. The lowest BCUT2D eigenvalue weighted by Gasteiger charge is -2.07. The zero-order valence-electron chi connectivity index (χ0n) is 9.73. The van der Waals surface area contributed by atoms with Gasteiger partial charge in [-0.15, -0.1) is 0 Å². The van der Waals surface area contributed by atoms with Crippen LogP contribution in [0.3, 0.4) is 0 Å². The van der Waals surface area contributed by atoms with Crippen LogP contribution in [0.5, 0.6) is 0 Å². The molecule has 6 heteroatoms. The summed E-state index contributed by atoms with van der Waals surface area (Å²) in [6.45, 7) is 1.81. The number of halogens is 1. The zero-order chi connectivity index (χ0) is 12.6. The maximum absolute atomic E-state index is 13.5. The predicted octanol–water partition coefficient (Wildman–Crippen LogP) is 1.22. The molecule has 2 rings (SSSR count). The topological polar surface area (TPSA) is 56.3 Å². The van der Waals surface area contributed by atoms with Crippen LogP contribution in [-0.2, 0) is 27.1 Å². The first-order chi connectivity index (χ1) is 7.93. The number of hydrogen-bond donors (Lipinski definition) is 0. The molecule has 0 spiro atoms. The van der Waals surface area contributed by atoms with Crippen molar-refractivity contribution in [3.05, 3.63) is 28.8 Å². The van der Waals surface area contributed by atoms with E-state index >= 15 is 0 Å². The van der Waals surface area contributed by atoms with E-state index in [1.807, 2.05) is 6.92 Å². The quantitative estimate of drug-likeness (QED) is 0.766. The molecule has 0 aliphatic heterocycles. The van der Waals surface area contributed by atoms with Crippen molar-refractivity contribution in [1.29, 1.82) is 0 Å². The Hall–Kier alpha value is -1.01. The number of aromatic nitrogens is 1. The maximum atomic E-state index is 13.5. The van der Waals surface area contributed by atoms with E-state index in [1.54, 1.807) is 0 Å². The van der Waals surface area contributed by atoms with Gasteiger partial charge in [-0.3, -0.25) is 9.17 Å². The van der Waals surface area contributed by atoms with E-state index in [0.717, 1.165) is 18.4 Å². The number of pyridine rings is 1. The normalized spacial score (nSPS) is 19.4. The summed E-state index contributed by atoms with van der Waals surface area (Å²) in [6, 6.07) is 0. The van der Waals surface area contributed by atoms with Gasteiger partial charge in [0.2, 0.25) is 0 Å². The molecular weight excluding hydrogens is 245 g/mol. The second-order valence-electron chi connectivity index (χ2n) is 4.31. The molecule has 1 aliphatic carbocycles. The highest BCUT2D eigenvalue weighted by Crippen LogP contribution is 2.31. The van der Waals surface area contributed by atoms with Gasteiger partial charge in [0.1, 0.15) is 5.82 Å². The van der Waals surface area contributed by atoms with Crippen molar-refractivity contribution in [2.75, 3.05) is 12.9 Å². The van der Waals surface area contributed by atoms with Gasteiger partial charge < -0.3 is 0 Å². The molecular formula is C11H14FNO3S. The van der Waals surface area contributed by atoms with E-state index in [-0.39, 0.29) is 17.5 Å². The molecule has 0 unspecified atom stereocenters. The lowest BCUT2D eigenvalue weighted by Crippen LogP contribution is -2.17. The Morgan fingerprint density at radius 3 is 2.71 bits per heavy atom. The van der Waals surface area contributed by atoms with Crippen LogP contribution in [0.25, 0.3) is 0 Å². The molecule has 1 aromatic rings. The van der Waals surface area contributed by atoms with E-state index in [4.69, 9.17) is 0 Å². The highest BCUT2D eigenvalue weighted by molar-refractivity contribution is 7.86. The standard InChI is InChI=1S/C11H14FNO3S/c1-7-9-3-8(6-17(14,15)16-2)4-10(9)11(12)5-13-7/h5,8H,3-4,6H2,1-2H3/t8-/m1/s1. The van der Waals surface area contributed by atoms with Crippen molar-refractivity contribution in [2.24, 2.45) is 5.92 Å². The van der Waals surface area contributed by atoms with Gasteiger partial charge in [0.05, 0.1) is 19.1 Å². The fourth-order valence-corrected chi connectivity index (χ4v) is 3.24. The molecule has 0 amide bonds. The summed E-state index contributed by atoms with van der Waals surface area (Å²) in [5.41, 5.74) is 2.23. The first-order valence-corrected chi connectivity index (χ1v) is 6.92. The van der Waals surface area contributed by atoms with Crippen LogP contribution >= 0.6 is 0 Å². The van der Waals surface area contributed by atoms with Gasteiger partial charge in [-0.25, -0.2) is 4.39 Å². The summed E-state index contributed by atoms with van der Waals surface area (Å²) in [4.78, 5) is 3.95. The van der Waals surface area contributed by atoms with Crippen molar-refractivity contribution in [2.45, 2.75) is 19.8 Å². The smallest absolute Gasteiger partial charge is 0.267 e. The minimum atomic E-state index is -3.49. The average Bonchev–Trinajstić information content (AvgIpc) is 2.68.